The predicted octanol–water partition coefficient (Wildman–Crippen LogP) is 1.68. The molecule has 24 heavy (non-hydrogen) atoms. The fraction of sp³-hybridized carbons (Fsp3) is 0.474. The van der Waals surface area contributed by atoms with Gasteiger partial charge in [0.1, 0.15) is 0 Å². The maximum Gasteiger partial charge on any atom is 0.246 e. The van der Waals surface area contributed by atoms with Crippen LogP contribution in [-0.2, 0) is 9.59 Å². The lowest BCUT2D eigenvalue weighted by atomic mass is 10.1. The highest BCUT2D eigenvalue weighted by atomic mass is 16.2. The summed E-state index contributed by atoms with van der Waals surface area (Å²) in [6.07, 6.45) is 3.48. The molecule has 0 bridgehead atoms. The molecule has 1 saturated heterocycles. The largest absolute Gasteiger partial charge is 0.353 e. The topological polar surface area (TPSA) is 52.7 Å². The van der Waals surface area contributed by atoms with Gasteiger partial charge in [-0.1, -0.05) is 29.8 Å². The van der Waals surface area contributed by atoms with E-state index in [9.17, 15) is 9.59 Å². The molecule has 0 unspecified atom stereocenters. The molecule has 1 heterocycles. The van der Waals surface area contributed by atoms with Crippen LogP contribution in [0.5, 0.6) is 0 Å². The Labute approximate surface area is 144 Å². The minimum atomic E-state index is 0.0295. The van der Waals surface area contributed by atoms with E-state index in [2.05, 4.69) is 10.2 Å². The van der Waals surface area contributed by atoms with Crippen LogP contribution < -0.4 is 5.32 Å². The minimum Gasteiger partial charge on any atom is -0.353 e. The minimum absolute atomic E-state index is 0.0295. The predicted molar refractivity (Wildman–Crippen MR) is 96.5 cm³/mol. The van der Waals surface area contributed by atoms with Gasteiger partial charge in [-0.15, -0.1) is 0 Å². The van der Waals surface area contributed by atoms with Crippen LogP contribution in [0.4, 0.5) is 0 Å². The van der Waals surface area contributed by atoms with Crippen molar-refractivity contribution in [3.8, 4) is 0 Å². The van der Waals surface area contributed by atoms with Gasteiger partial charge in [0.15, 0.2) is 0 Å². The Morgan fingerprint density at radius 2 is 1.75 bits per heavy atom. The lowest BCUT2D eigenvalue weighted by Gasteiger charge is -2.33. The van der Waals surface area contributed by atoms with E-state index in [1.54, 1.807) is 6.08 Å². The molecule has 130 valence electrons. The first-order chi connectivity index (χ1) is 11.4. The second kappa shape index (κ2) is 8.64. The molecule has 1 aromatic rings. The van der Waals surface area contributed by atoms with Crippen molar-refractivity contribution in [1.29, 1.82) is 0 Å². The van der Waals surface area contributed by atoms with Gasteiger partial charge < -0.3 is 10.2 Å². The number of aryl methyl sites for hydroxylation is 1. The quantitative estimate of drug-likeness (QED) is 0.836. The molecular formula is C19H27N3O2. The Kier molecular flexibility index (Phi) is 6.55. The summed E-state index contributed by atoms with van der Waals surface area (Å²) in [6, 6.07) is 8.23. The molecule has 0 aliphatic carbocycles. The summed E-state index contributed by atoms with van der Waals surface area (Å²) >= 11 is 0. The lowest BCUT2D eigenvalue weighted by Crippen LogP contribution is -2.51. The third-order valence-corrected chi connectivity index (χ3v) is 4.00. The van der Waals surface area contributed by atoms with E-state index in [0.29, 0.717) is 19.6 Å². The summed E-state index contributed by atoms with van der Waals surface area (Å²) in [4.78, 5) is 28.0. The number of hydrogen-bond acceptors (Lipinski definition) is 3. The van der Waals surface area contributed by atoms with Gasteiger partial charge in [0, 0.05) is 38.3 Å². The Morgan fingerprint density at radius 1 is 1.12 bits per heavy atom. The molecule has 1 aromatic carbocycles. The standard InChI is InChI=1S/C19H27N3O2/c1-15(2)20-18(23)14-21-10-12-22(13-11-21)19(24)9-8-17-6-4-16(3)5-7-17/h4-9,15H,10-14H2,1-3H3,(H,20,23). The number of rotatable bonds is 5. The van der Waals surface area contributed by atoms with E-state index in [1.165, 1.54) is 5.56 Å². The summed E-state index contributed by atoms with van der Waals surface area (Å²) in [7, 11) is 0. The van der Waals surface area contributed by atoms with Crippen molar-refractivity contribution in [1.82, 2.24) is 15.1 Å². The van der Waals surface area contributed by atoms with Crippen LogP contribution in [0.3, 0.4) is 0 Å². The van der Waals surface area contributed by atoms with E-state index in [-0.39, 0.29) is 17.9 Å². The zero-order valence-electron chi connectivity index (χ0n) is 14.8. The van der Waals surface area contributed by atoms with Crippen LogP contribution in [-0.4, -0.2) is 60.4 Å². The Bertz CT molecular complexity index is 585. The smallest absolute Gasteiger partial charge is 0.246 e. The van der Waals surface area contributed by atoms with Crippen LogP contribution in [0.15, 0.2) is 30.3 Å². The molecule has 1 fully saturated rings. The van der Waals surface area contributed by atoms with E-state index in [1.807, 2.05) is 56.0 Å². The molecule has 0 spiro atoms. The van der Waals surface area contributed by atoms with Crippen molar-refractivity contribution in [2.45, 2.75) is 26.8 Å². The second-order valence-electron chi connectivity index (χ2n) is 6.57. The highest BCUT2D eigenvalue weighted by molar-refractivity contribution is 5.91. The van der Waals surface area contributed by atoms with Gasteiger partial charge >= 0.3 is 0 Å². The highest BCUT2D eigenvalue weighted by Crippen LogP contribution is 2.07. The van der Waals surface area contributed by atoms with E-state index in [4.69, 9.17) is 0 Å². The van der Waals surface area contributed by atoms with Gasteiger partial charge in [-0.2, -0.15) is 0 Å². The van der Waals surface area contributed by atoms with Crippen molar-refractivity contribution >= 4 is 17.9 Å². The van der Waals surface area contributed by atoms with Gasteiger partial charge in [-0.3, -0.25) is 14.5 Å². The zero-order valence-corrected chi connectivity index (χ0v) is 14.8. The fourth-order valence-electron chi connectivity index (χ4n) is 2.65. The summed E-state index contributed by atoms with van der Waals surface area (Å²) in [5, 5.41) is 2.89. The van der Waals surface area contributed by atoms with E-state index < -0.39 is 0 Å². The van der Waals surface area contributed by atoms with E-state index >= 15 is 0 Å². The SMILES string of the molecule is Cc1ccc(C=CC(=O)N2CCN(CC(=O)NC(C)C)CC2)cc1. The molecule has 2 rings (SSSR count). The number of amides is 2. The first kappa shape index (κ1) is 18.2. The Morgan fingerprint density at radius 3 is 2.33 bits per heavy atom. The number of piperazine rings is 1. The normalized spacial score (nSPS) is 15.9. The molecule has 0 atom stereocenters. The van der Waals surface area contributed by atoms with Gasteiger partial charge in [0.25, 0.3) is 0 Å². The van der Waals surface area contributed by atoms with Crippen molar-refractivity contribution in [2.75, 3.05) is 32.7 Å². The van der Waals surface area contributed by atoms with Gasteiger partial charge in [0.2, 0.25) is 11.8 Å². The zero-order chi connectivity index (χ0) is 17.5. The Balaban J connectivity index is 1.78. The summed E-state index contributed by atoms with van der Waals surface area (Å²) in [6.45, 7) is 9.13. The first-order valence-electron chi connectivity index (χ1n) is 8.49. The first-order valence-corrected chi connectivity index (χ1v) is 8.49. The van der Waals surface area contributed by atoms with Crippen LogP contribution >= 0.6 is 0 Å². The maximum absolute atomic E-state index is 12.3. The number of benzene rings is 1. The average molecular weight is 329 g/mol. The molecule has 2 amide bonds. The van der Waals surface area contributed by atoms with Crippen molar-refractivity contribution in [2.24, 2.45) is 0 Å². The summed E-state index contributed by atoms with van der Waals surface area (Å²) < 4.78 is 0. The molecule has 1 aliphatic rings. The van der Waals surface area contributed by atoms with Gasteiger partial charge in [0.05, 0.1) is 6.54 Å². The maximum atomic E-state index is 12.3. The summed E-state index contributed by atoms with van der Waals surface area (Å²) in [5.41, 5.74) is 2.23. The van der Waals surface area contributed by atoms with Crippen molar-refractivity contribution < 1.29 is 9.59 Å². The van der Waals surface area contributed by atoms with Gasteiger partial charge in [-0.05, 0) is 32.4 Å². The molecule has 0 radical (unpaired) electrons. The van der Waals surface area contributed by atoms with Crippen LogP contribution in [0, 0.1) is 6.92 Å². The molecule has 5 heteroatoms. The molecule has 5 nitrogen and oxygen atoms in total. The van der Waals surface area contributed by atoms with Crippen LogP contribution in [0.2, 0.25) is 0 Å². The van der Waals surface area contributed by atoms with Crippen LogP contribution in [0.1, 0.15) is 25.0 Å². The molecule has 1 N–H and O–H groups in total. The number of carbonyl (C=O) groups is 2. The number of nitrogens with zero attached hydrogens (tertiary/aromatic N) is 2. The molecule has 0 saturated carbocycles. The van der Waals surface area contributed by atoms with Crippen molar-refractivity contribution in [3.63, 3.8) is 0 Å². The third kappa shape index (κ3) is 5.81. The molecule has 1 aliphatic heterocycles. The fourth-order valence-corrected chi connectivity index (χ4v) is 2.65. The lowest BCUT2D eigenvalue weighted by molar-refractivity contribution is -0.128. The van der Waals surface area contributed by atoms with Gasteiger partial charge in [-0.25, -0.2) is 0 Å². The van der Waals surface area contributed by atoms with Crippen molar-refractivity contribution in [3.05, 3.63) is 41.5 Å². The third-order valence-electron chi connectivity index (χ3n) is 4.00. The Hall–Kier alpha value is -2.14. The molecular weight excluding hydrogens is 302 g/mol. The number of hydrogen-bond donors (Lipinski definition) is 1. The number of carbonyl (C=O) groups excluding carboxylic acids is 2. The van der Waals surface area contributed by atoms with Crippen LogP contribution in [0.25, 0.3) is 6.08 Å². The van der Waals surface area contributed by atoms with E-state index in [0.717, 1.165) is 18.7 Å². The average Bonchev–Trinajstić information content (AvgIpc) is 2.54. The second-order valence-corrected chi connectivity index (χ2v) is 6.57. The molecule has 0 aromatic heterocycles. The highest BCUT2D eigenvalue weighted by Gasteiger charge is 2.21. The number of nitrogens with one attached hydrogen (secondary N) is 1. The summed E-state index contributed by atoms with van der Waals surface area (Å²) in [5.74, 6) is 0.0749. The monoisotopic (exact) mass is 329 g/mol.